The van der Waals surface area contributed by atoms with Gasteiger partial charge < -0.3 is 14.0 Å². The van der Waals surface area contributed by atoms with Gasteiger partial charge in [-0.15, -0.1) is 5.10 Å². The van der Waals surface area contributed by atoms with Gasteiger partial charge in [0.15, 0.2) is 5.69 Å². The number of rotatable bonds is 5. The Hall–Kier alpha value is -4.19. The lowest BCUT2D eigenvalue weighted by Gasteiger charge is -2.32. The van der Waals surface area contributed by atoms with Crippen LogP contribution >= 0.6 is 0 Å². The molecule has 12 heteroatoms. The van der Waals surface area contributed by atoms with Gasteiger partial charge in [0, 0.05) is 45.3 Å². The molecule has 0 aromatic carbocycles. The van der Waals surface area contributed by atoms with Gasteiger partial charge in [-0.05, 0) is 43.9 Å². The van der Waals surface area contributed by atoms with Crippen molar-refractivity contribution in [3.05, 3.63) is 53.5 Å². The number of halogens is 1. The van der Waals surface area contributed by atoms with Crippen molar-refractivity contribution in [1.29, 1.82) is 0 Å². The maximum absolute atomic E-state index is 15.5. The Labute approximate surface area is 217 Å². The first-order valence-electron chi connectivity index (χ1n) is 12.4. The van der Waals surface area contributed by atoms with Crippen LogP contribution in [0.3, 0.4) is 0 Å². The molecule has 0 saturated carbocycles. The highest BCUT2D eigenvalue weighted by Gasteiger charge is 2.36. The molecule has 11 nitrogen and oxygen atoms in total. The Balaban J connectivity index is 1.74. The Kier molecular flexibility index (Phi) is 5.90. The van der Waals surface area contributed by atoms with E-state index in [1.54, 1.807) is 34.9 Å². The van der Waals surface area contributed by atoms with E-state index in [1.807, 2.05) is 24.6 Å². The summed E-state index contributed by atoms with van der Waals surface area (Å²) < 4.78 is 31.5. The zero-order chi connectivity index (χ0) is 26.6. The summed E-state index contributed by atoms with van der Waals surface area (Å²) in [5.74, 6) is -1.02. The summed E-state index contributed by atoms with van der Waals surface area (Å²) in [7, 11) is 4.90. The van der Waals surface area contributed by atoms with Crippen LogP contribution in [0.5, 0.6) is 0 Å². The first-order valence-corrected chi connectivity index (χ1v) is 12.4. The molecule has 0 radical (unpaired) electrons. The van der Waals surface area contributed by atoms with E-state index >= 15 is 4.39 Å². The molecule has 6 heterocycles. The second-order valence-corrected chi connectivity index (χ2v) is 9.53. The van der Waals surface area contributed by atoms with Gasteiger partial charge in [0.1, 0.15) is 22.4 Å². The number of nitrogens with zero attached hydrogens (tertiary/aromatic N) is 8. The second-order valence-electron chi connectivity index (χ2n) is 9.53. The normalized spacial score (nSPS) is 15.4. The average Bonchev–Trinajstić information content (AvgIpc) is 3.56. The van der Waals surface area contributed by atoms with Crippen molar-refractivity contribution < 1.29 is 18.7 Å². The first-order chi connectivity index (χ1) is 18.4. The Morgan fingerprint density at radius 3 is 2.66 bits per heavy atom. The molecule has 1 saturated heterocycles. The van der Waals surface area contributed by atoms with Gasteiger partial charge in [-0.2, -0.15) is 5.10 Å². The molecule has 0 bridgehead atoms. The molecule has 0 aliphatic carbocycles. The summed E-state index contributed by atoms with van der Waals surface area (Å²) in [6.45, 7) is 2.99. The van der Waals surface area contributed by atoms with E-state index in [2.05, 4.69) is 20.4 Å². The monoisotopic (exact) mass is 518 g/mol. The van der Waals surface area contributed by atoms with Crippen molar-refractivity contribution >= 4 is 28.0 Å². The van der Waals surface area contributed by atoms with Crippen molar-refractivity contribution in [2.45, 2.75) is 25.8 Å². The summed E-state index contributed by atoms with van der Waals surface area (Å²) in [6.07, 6.45) is 4.75. The molecule has 6 rings (SSSR count). The molecule has 0 N–H and O–H groups in total. The topological polar surface area (TPSA) is 115 Å². The maximum Gasteiger partial charge on any atom is 0.360 e. The number of methoxy groups -OCH3 is 1. The second kappa shape index (κ2) is 9.28. The average molecular weight is 519 g/mol. The minimum absolute atomic E-state index is 0.0126. The number of aryl methyl sites for hydroxylation is 3. The highest BCUT2D eigenvalue weighted by molar-refractivity contribution is 6.11. The van der Waals surface area contributed by atoms with E-state index in [0.717, 1.165) is 22.5 Å². The molecule has 1 aliphatic rings. The Morgan fingerprint density at radius 1 is 1.18 bits per heavy atom. The number of pyridine rings is 2. The van der Waals surface area contributed by atoms with E-state index in [-0.39, 0.29) is 11.6 Å². The van der Waals surface area contributed by atoms with Crippen LogP contribution < -0.4 is 0 Å². The predicted molar refractivity (Wildman–Crippen MR) is 136 cm³/mol. The molecule has 0 unspecified atom stereocenters. The number of esters is 1. The van der Waals surface area contributed by atoms with Crippen molar-refractivity contribution in [1.82, 2.24) is 39.3 Å². The highest BCUT2D eigenvalue weighted by atomic mass is 19.1. The summed E-state index contributed by atoms with van der Waals surface area (Å²) in [4.78, 5) is 22.3. The molecule has 1 atom stereocenters. The Bertz CT molecular complexity index is 1660. The fraction of sp³-hybridized carbons (Fsp3) is 0.385. The highest BCUT2D eigenvalue weighted by Crippen LogP contribution is 2.42. The van der Waals surface area contributed by atoms with Crippen molar-refractivity contribution in [3.8, 4) is 11.3 Å². The number of hydrogen-bond donors (Lipinski definition) is 0. The molecule has 1 aliphatic heterocycles. The molecule has 38 heavy (non-hydrogen) atoms. The van der Waals surface area contributed by atoms with Crippen LogP contribution in [-0.4, -0.2) is 65.6 Å². The van der Waals surface area contributed by atoms with Crippen molar-refractivity contribution in [2.24, 2.45) is 20.0 Å². The van der Waals surface area contributed by atoms with Gasteiger partial charge in [-0.25, -0.2) is 13.9 Å². The minimum atomic E-state index is -0.584. The maximum atomic E-state index is 15.5. The van der Waals surface area contributed by atoms with Crippen LogP contribution in [-0.2, 0) is 23.6 Å². The molecule has 0 amide bonds. The number of hydrogen-bond acceptors (Lipinski definition) is 8. The number of fused-ring (bicyclic) bond motifs is 3. The number of carbonyl (C=O) groups is 1. The van der Waals surface area contributed by atoms with Gasteiger partial charge in [0.05, 0.1) is 35.8 Å². The number of aromatic nitrogens is 8. The Morgan fingerprint density at radius 2 is 1.97 bits per heavy atom. The molecule has 196 valence electrons. The molecular formula is C26H27FN8O3. The minimum Gasteiger partial charge on any atom is -0.464 e. The lowest BCUT2D eigenvalue weighted by atomic mass is 9.88. The van der Waals surface area contributed by atoms with Crippen molar-refractivity contribution in [2.75, 3.05) is 20.3 Å². The summed E-state index contributed by atoms with van der Waals surface area (Å²) >= 11 is 0. The largest absolute Gasteiger partial charge is 0.464 e. The first kappa shape index (κ1) is 24.2. The van der Waals surface area contributed by atoms with E-state index in [0.29, 0.717) is 48.3 Å². The third kappa shape index (κ3) is 3.66. The third-order valence-corrected chi connectivity index (χ3v) is 7.32. The zero-order valence-electron chi connectivity index (χ0n) is 21.6. The van der Waals surface area contributed by atoms with Crippen LogP contribution in [0.2, 0.25) is 0 Å². The molecule has 1 fully saturated rings. The van der Waals surface area contributed by atoms with Crippen LogP contribution in [0.4, 0.5) is 4.39 Å². The van der Waals surface area contributed by atoms with Gasteiger partial charge >= 0.3 is 5.97 Å². The van der Waals surface area contributed by atoms with Crippen molar-refractivity contribution in [3.63, 3.8) is 0 Å². The van der Waals surface area contributed by atoms with E-state index in [4.69, 9.17) is 14.5 Å². The molecule has 5 aromatic heterocycles. The quantitative estimate of drug-likeness (QED) is 0.325. The van der Waals surface area contributed by atoms with Gasteiger partial charge in [0.25, 0.3) is 0 Å². The molecule has 0 spiro atoms. The fourth-order valence-electron chi connectivity index (χ4n) is 5.66. The third-order valence-electron chi connectivity index (χ3n) is 7.32. The van der Waals surface area contributed by atoms with Crippen LogP contribution in [0.25, 0.3) is 33.3 Å². The van der Waals surface area contributed by atoms with Crippen LogP contribution in [0.15, 0.2) is 30.6 Å². The molecule has 5 aromatic rings. The molecular weight excluding hydrogens is 491 g/mol. The van der Waals surface area contributed by atoms with Crippen LogP contribution in [0.1, 0.15) is 40.8 Å². The smallest absolute Gasteiger partial charge is 0.360 e. The van der Waals surface area contributed by atoms with E-state index < -0.39 is 17.8 Å². The van der Waals surface area contributed by atoms with Gasteiger partial charge in [0.2, 0.25) is 0 Å². The fourth-order valence-corrected chi connectivity index (χ4v) is 5.66. The summed E-state index contributed by atoms with van der Waals surface area (Å²) in [6, 6.07) is 4.43. The number of carbonyl (C=O) groups excluding carboxylic acids is 1. The summed E-state index contributed by atoms with van der Waals surface area (Å²) in [5, 5.41) is 12.8. The van der Waals surface area contributed by atoms with E-state index in [1.165, 1.54) is 13.2 Å². The predicted octanol–water partition coefficient (Wildman–Crippen LogP) is 3.36. The SMILES string of the molecule is COC(=O)c1nn(C)c2c3ncc(-c4c(C)nnn4C)cc3n([C@H](c3ncccc3F)C3CCOCC3)c12. The number of ether oxygens (including phenoxy) is 2. The lowest BCUT2D eigenvalue weighted by molar-refractivity contribution is 0.0539. The lowest BCUT2D eigenvalue weighted by Crippen LogP contribution is -2.28. The van der Waals surface area contributed by atoms with Crippen LogP contribution in [0, 0.1) is 18.7 Å². The summed E-state index contributed by atoms with van der Waals surface area (Å²) in [5.41, 5.74) is 5.33. The van der Waals surface area contributed by atoms with E-state index in [9.17, 15) is 4.79 Å². The van der Waals surface area contributed by atoms with Gasteiger partial charge in [-0.1, -0.05) is 5.21 Å². The van der Waals surface area contributed by atoms with Gasteiger partial charge in [-0.3, -0.25) is 14.6 Å². The standard InChI is InChI=1S/C26H27FN8O3/c1-14-22(34(3)32-30-14)16-12-18-20(29-13-16)24-25(21(26(36)37-4)31-33(24)2)35(18)23(15-7-10-38-11-8-15)19-17(27)6-5-9-28-19/h5-6,9,12-13,15,23H,7-8,10-11H2,1-4H3/t23-/m0/s1. The zero-order valence-corrected chi connectivity index (χ0v) is 21.6.